The molecule has 1 aliphatic heterocycles. The maximum absolute atomic E-state index is 5.41. The highest BCUT2D eigenvalue weighted by atomic mass is 32.1. The molecule has 4 heteroatoms. The number of aromatic nitrogens is 1. The van der Waals surface area contributed by atoms with E-state index in [1.165, 1.54) is 15.6 Å². The van der Waals surface area contributed by atoms with Gasteiger partial charge in [0.2, 0.25) is 0 Å². The van der Waals surface area contributed by atoms with Crippen LogP contribution in [0.3, 0.4) is 0 Å². The second kappa shape index (κ2) is 5.25. The number of ether oxygens (including phenoxy) is 1. The molecule has 1 atom stereocenters. The highest BCUT2D eigenvalue weighted by molar-refractivity contribution is 7.11. The molecule has 1 fully saturated rings. The first-order valence-electron chi connectivity index (χ1n) is 5.91. The fourth-order valence-corrected chi connectivity index (χ4v) is 3.37. The molecule has 0 radical (unpaired) electrons. The average molecular weight is 240 g/mol. The van der Waals surface area contributed by atoms with Crippen LogP contribution in [0.1, 0.15) is 34.5 Å². The van der Waals surface area contributed by atoms with Crippen LogP contribution < -0.4 is 5.32 Å². The van der Waals surface area contributed by atoms with Gasteiger partial charge in [0.25, 0.3) is 0 Å². The minimum absolute atomic E-state index is 0.404. The van der Waals surface area contributed by atoms with Crippen LogP contribution in [0.15, 0.2) is 0 Å². The molecule has 1 unspecified atom stereocenters. The minimum atomic E-state index is 0.404. The molecule has 0 aliphatic carbocycles. The van der Waals surface area contributed by atoms with Crippen LogP contribution in [0.4, 0.5) is 0 Å². The molecule has 16 heavy (non-hydrogen) atoms. The highest BCUT2D eigenvalue weighted by Gasteiger charge is 2.26. The van der Waals surface area contributed by atoms with Gasteiger partial charge < -0.3 is 10.1 Å². The van der Waals surface area contributed by atoms with Gasteiger partial charge in [-0.3, -0.25) is 0 Å². The molecule has 0 spiro atoms. The Kier molecular flexibility index (Phi) is 3.95. The molecule has 2 rings (SSSR count). The van der Waals surface area contributed by atoms with E-state index in [2.05, 4.69) is 24.1 Å². The van der Waals surface area contributed by atoms with Gasteiger partial charge in [-0.1, -0.05) is 0 Å². The van der Waals surface area contributed by atoms with E-state index >= 15 is 0 Å². The van der Waals surface area contributed by atoms with Gasteiger partial charge in [0.1, 0.15) is 5.01 Å². The number of hydrogen-bond acceptors (Lipinski definition) is 4. The van der Waals surface area contributed by atoms with Crippen molar-refractivity contribution < 1.29 is 4.74 Å². The molecule has 1 aromatic rings. The quantitative estimate of drug-likeness (QED) is 0.881. The Morgan fingerprint density at radius 2 is 2.06 bits per heavy atom. The van der Waals surface area contributed by atoms with Gasteiger partial charge in [0, 0.05) is 18.1 Å². The third-order valence-electron chi connectivity index (χ3n) is 3.36. The molecule has 0 saturated carbocycles. The first kappa shape index (κ1) is 12.0. The number of hydrogen-bond donors (Lipinski definition) is 1. The fraction of sp³-hybridized carbons (Fsp3) is 0.750. The second-order valence-electron chi connectivity index (χ2n) is 4.41. The lowest BCUT2D eigenvalue weighted by Gasteiger charge is -2.28. The molecule has 90 valence electrons. The van der Waals surface area contributed by atoms with Crippen molar-refractivity contribution >= 4 is 11.3 Å². The molecular formula is C12H20N2OS. The van der Waals surface area contributed by atoms with Crippen molar-refractivity contribution in [3.05, 3.63) is 15.6 Å². The lowest BCUT2D eigenvalue weighted by atomic mass is 9.92. The number of nitrogens with zero attached hydrogens (tertiary/aromatic N) is 1. The van der Waals surface area contributed by atoms with E-state index in [0.717, 1.165) is 26.1 Å². The summed E-state index contributed by atoms with van der Waals surface area (Å²) in [5, 5.41) is 4.66. The highest BCUT2D eigenvalue weighted by Crippen LogP contribution is 2.32. The summed E-state index contributed by atoms with van der Waals surface area (Å²) in [5.74, 6) is 0.670. The standard InChI is InChI=1S/C12H20N2OS/c1-8-9(2)16-12(14-8)11(13-3)10-4-6-15-7-5-10/h10-11,13H,4-7H2,1-3H3. The molecule has 1 N–H and O–H groups in total. The summed E-state index contributed by atoms with van der Waals surface area (Å²) >= 11 is 1.83. The molecule has 3 nitrogen and oxygen atoms in total. The Morgan fingerprint density at radius 3 is 2.56 bits per heavy atom. The molecule has 1 saturated heterocycles. The first-order chi connectivity index (χ1) is 7.72. The van der Waals surface area contributed by atoms with E-state index in [-0.39, 0.29) is 0 Å². The third kappa shape index (κ3) is 2.44. The van der Waals surface area contributed by atoms with Crippen LogP contribution >= 0.6 is 11.3 Å². The summed E-state index contributed by atoms with van der Waals surface area (Å²) in [6.45, 7) is 6.03. The van der Waals surface area contributed by atoms with Crippen LogP contribution in [-0.4, -0.2) is 25.2 Å². The Morgan fingerprint density at radius 1 is 1.38 bits per heavy atom. The molecular weight excluding hydrogens is 220 g/mol. The number of nitrogens with one attached hydrogen (secondary N) is 1. The summed E-state index contributed by atoms with van der Waals surface area (Å²) < 4.78 is 5.41. The van der Waals surface area contributed by atoms with Crippen LogP contribution in [0.2, 0.25) is 0 Å². The zero-order chi connectivity index (χ0) is 11.5. The Balaban J connectivity index is 2.14. The molecule has 2 heterocycles. The average Bonchev–Trinajstić information content (AvgIpc) is 2.61. The number of aryl methyl sites for hydroxylation is 2. The fourth-order valence-electron chi connectivity index (χ4n) is 2.24. The van der Waals surface area contributed by atoms with E-state index in [0.29, 0.717) is 12.0 Å². The molecule has 0 amide bonds. The zero-order valence-electron chi connectivity index (χ0n) is 10.2. The van der Waals surface area contributed by atoms with E-state index < -0.39 is 0 Å². The Bertz CT molecular complexity index is 325. The normalized spacial score (nSPS) is 19.9. The predicted octanol–water partition coefficient (Wildman–Crippen LogP) is 2.45. The lowest BCUT2D eigenvalue weighted by Crippen LogP contribution is -2.29. The van der Waals surface area contributed by atoms with Crippen LogP contribution in [0.25, 0.3) is 0 Å². The van der Waals surface area contributed by atoms with E-state index in [9.17, 15) is 0 Å². The van der Waals surface area contributed by atoms with E-state index in [4.69, 9.17) is 4.74 Å². The minimum Gasteiger partial charge on any atom is -0.381 e. The zero-order valence-corrected chi connectivity index (χ0v) is 11.1. The van der Waals surface area contributed by atoms with Crippen molar-refractivity contribution in [2.24, 2.45) is 5.92 Å². The van der Waals surface area contributed by atoms with Gasteiger partial charge in [-0.15, -0.1) is 11.3 Å². The summed E-state index contributed by atoms with van der Waals surface area (Å²) in [6, 6.07) is 0.404. The van der Waals surface area contributed by atoms with Crippen LogP contribution in [-0.2, 0) is 4.74 Å². The Hall–Kier alpha value is -0.450. The number of rotatable bonds is 3. The topological polar surface area (TPSA) is 34.2 Å². The van der Waals surface area contributed by atoms with Crippen molar-refractivity contribution in [1.82, 2.24) is 10.3 Å². The maximum Gasteiger partial charge on any atom is 0.110 e. The van der Waals surface area contributed by atoms with Crippen molar-refractivity contribution in [3.8, 4) is 0 Å². The first-order valence-corrected chi connectivity index (χ1v) is 6.73. The number of thiazole rings is 1. The van der Waals surface area contributed by atoms with Gasteiger partial charge in [-0.05, 0) is 39.7 Å². The van der Waals surface area contributed by atoms with E-state index in [1.54, 1.807) is 0 Å². The molecule has 1 aliphatic rings. The smallest absolute Gasteiger partial charge is 0.110 e. The Labute approximate surface area is 101 Å². The van der Waals surface area contributed by atoms with Gasteiger partial charge in [0.05, 0.1) is 11.7 Å². The van der Waals surface area contributed by atoms with Crippen molar-refractivity contribution in [2.75, 3.05) is 20.3 Å². The summed E-state index contributed by atoms with van der Waals surface area (Å²) in [5.41, 5.74) is 1.17. The monoisotopic (exact) mass is 240 g/mol. The predicted molar refractivity (Wildman–Crippen MR) is 66.9 cm³/mol. The van der Waals surface area contributed by atoms with Gasteiger partial charge >= 0.3 is 0 Å². The molecule has 0 aromatic carbocycles. The molecule has 1 aromatic heterocycles. The lowest BCUT2D eigenvalue weighted by molar-refractivity contribution is 0.0546. The molecule has 0 bridgehead atoms. The van der Waals surface area contributed by atoms with Crippen molar-refractivity contribution in [2.45, 2.75) is 32.7 Å². The second-order valence-corrected chi connectivity index (χ2v) is 5.64. The van der Waals surface area contributed by atoms with E-state index in [1.807, 2.05) is 18.4 Å². The van der Waals surface area contributed by atoms with Crippen LogP contribution in [0.5, 0.6) is 0 Å². The van der Waals surface area contributed by atoms with Gasteiger partial charge in [-0.2, -0.15) is 0 Å². The summed E-state index contributed by atoms with van der Waals surface area (Å²) in [6.07, 6.45) is 2.28. The maximum atomic E-state index is 5.41. The largest absolute Gasteiger partial charge is 0.381 e. The third-order valence-corrected chi connectivity index (χ3v) is 4.52. The van der Waals surface area contributed by atoms with Crippen LogP contribution in [0, 0.1) is 19.8 Å². The SMILES string of the molecule is CNC(c1nc(C)c(C)s1)C1CCOCC1. The van der Waals surface area contributed by atoms with Crippen molar-refractivity contribution in [3.63, 3.8) is 0 Å². The van der Waals surface area contributed by atoms with Gasteiger partial charge in [0.15, 0.2) is 0 Å². The van der Waals surface area contributed by atoms with Crippen molar-refractivity contribution in [1.29, 1.82) is 0 Å². The summed E-state index contributed by atoms with van der Waals surface area (Å²) in [4.78, 5) is 6.01. The summed E-state index contributed by atoms with van der Waals surface area (Å²) in [7, 11) is 2.03. The van der Waals surface area contributed by atoms with Gasteiger partial charge in [-0.25, -0.2) is 4.98 Å².